The highest BCUT2D eigenvalue weighted by atomic mass is 16.5. The van der Waals surface area contributed by atoms with E-state index in [1.807, 2.05) is 0 Å². The van der Waals surface area contributed by atoms with Crippen LogP contribution >= 0.6 is 0 Å². The molecule has 8 heteroatoms. The van der Waals surface area contributed by atoms with Crippen LogP contribution in [-0.4, -0.2) is 47.2 Å². The highest BCUT2D eigenvalue weighted by Crippen LogP contribution is 2.15. The number of nitrogens with one attached hydrogen (secondary N) is 2. The molecule has 2 aromatic carbocycles. The van der Waals surface area contributed by atoms with E-state index < -0.39 is 24.0 Å². The van der Waals surface area contributed by atoms with Crippen molar-refractivity contribution < 1.29 is 29.4 Å². The van der Waals surface area contributed by atoms with Gasteiger partial charge in [0.05, 0.1) is 13.2 Å². The van der Waals surface area contributed by atoms with Gasteiger partial charge in [-0.3, -0.25) is 19.6 Å². The van der Waals surface area contributed by atoms with Crippen LogP contribution in [-0.2, 0) is 4.79 Å². The lowest BCUT2D eigenvalue weighted by atomic mass is 10.0. The molecule has 0 heterocycles. The van der Waals surface area contributed by atoms with Crippen molar-refractivity contribution in [1.29, 1.82) is 0 Å². The quantitative estimate of drug-likeness (QED) is 0.325. The van der Waals surface area contributed by atoms with Gasteiger partial charge in [-0.1, -0.05) is 12.1 Å². The van der Waals surface area contributed by atoms with Gasteiger partial charge in [0.15, 0.2) is 5.78 Å². The highest BCUT2D eigenvalue weighted by Gasteiger charge is 2.25. The second-order valence-corrected chi connectivity index (χ2v) is 5.80. The Balaban J connectivity index is 2.12. The molecule has 8 nitrogen and oxygen atoms in total. The summed E-state index contributed by atoms with van der Waals surface area (Å²) in [6, 6.07) is 11.2. The van der Waals surface area contributed by atoms with Crippen molar-refractivity contribution in [2.75, 3.05) is 7.11 Å². The standard InChI is InChI=1S/C19H20N2O6/c1-11(22)16(19(25)21-26)20-18(24)14-5-3-12(4-6-14)17(23)13-7-9-15(27-2)10-8-13/h3-11,16,22,26H,1-2H3,(H,20,24)(H,21,25)/t11-,16+/m1/s1. The molecule has 0 aliphatic rings. The Labute approximate surface area is 155 Å². The maximum atomic E-state index is 12.5. The fourth-order valence-electron chi connectivity index (χ4n) is 2.38. The number of benzene rings is 2. The number of amides is 2. The zero-order valence-corrected chi connectivity index (χ0v) is 14.8. The number of ketones is 1. The van der Waals surface area contributed by atoms with E-state index in [2.05, 4.69) is 5.32 Å². The van der Waals surface area contributed by atoms with Crippen LogP contribution in [0.15, 0.2) is 48.5 Å². The average molecular weight is 372 g/mol. The number of rotatable bonds is 7. The Morgan fingerprint density at radius 2 is 1.41 bits per heavy atom. The van der Waals surface area contributed by atoms with Crippen LogP contribution in [0.1, 0.15) is 33.2 Å². The van der Waals surface area contributed by atoms with Crippen LogP contribution in [0.3, 0.4) is 0 Å². The Morgan fingerprint density at radius 1 is 0.926 bits per heavy atom. The summed E-state index contributed by atoms with van der Waals surface area (Å²) in [5, 5.41) is 20.5. The van der Waals surface area contributed by atoms with Gasteiger partial charge in [-0.15, -0.1) is 0 Å². The molecule has 2 atom stereocenters. The van der Waals surface area contributed by atoms with Crippen molar-refractivity contribution in [3.8, 4) is 5.75 Å². The molecule has 0 radical (unpaired) electrons. The van der Waals surface area contributed by atoms with Crippen LogP contribution < -0.4 is 15.5 Å². The van der Waals surface area contributed by atoms with Crippen molar-refractivity contribution in [3.05, 3.63) is 65.2 Å². The number of carbonyl (C=O) groups is 3. The van der Waals surface area contributed by atoms with E-state index in [-0.39, 0.29) is 11.3 Å². The van der Waals surface area contributed by atoms with Crippen molar-refractivity contribution >= 4 is 17.6 Å². The van der Waals surface area contributed by atoms with Gasteiger partial charge in [-0.05, 0) is 43.3 Å². The van der Waals surface area contributed by atoms with Gasteiger partial charge in [-0.25, -0.2) is 5.48 Å². The summed E-state index contributed by atoms with van der Waals surface area (Å²) in [4.78, 5) is 36.2. The summed E-state index contributed by atoms with van der Waals surface area (Å²) < 4.78 is 5.05. The minimum absolute atomic E-state index is 0.192. The summed E-state index contributed by atoms with van der Waals surface area (Å²) in [6.45, 7) is 1.30. The molecule has 27 heavy (non-hydrogen) atoms. The first-order valence-electron chi connectivity index (χ1n) is 8.09. The fourth-order valence-corrected chi connectivity index (χ4v) is 2.38. The Kier molecular flexibility index (Phi) is 6.64. The summed E-state index contributed by atoms with van der Waals surface area (Å²) in [7, 11) is 1.53. The second-order valence-electron chi connectivity index (χ2n) is 5.80. The van der Waals surface area contributed by atoms with E-state index >= 15 is 0 Å². The van der Waals surface area contributed by atoms with E-state index in [0.717, 1.165) is 0 Å². The zero-order chi connectivity index (χ0) is 20.0. The van der Waals surface area contributed by atoms with Gasteiger partial charge in [-0.2, -0.15) is 0 Å². The molecule has 0 bridgehead atoms. The summed E-state index contributed by atoms with van der Waals surface area (Å²) in [5.41, 5.74) is 2.44. The predicted octanol–water partition coefficient (Wildman–Crippen LogP) is 0.911. The molecule has 0 aliphatic heterocycles. The second kappa shape index (κ2) is 8.93. The smallest absolute Gasteiger partial charge is 0.268 e. The Bertz CT molecular complexity index is 815. The topological polar surface area (TPSA) is 125 Å². The normalized spacial score (nSPS) is 12.6. The maximum Gasteiger partial charge on any atom is 0.268 e. The minimum Gasteiger partial charge on any atom is -0.497 e. The SMILES string of the molecule is COc1ccc(C(=O)c2ccc(C(=O)N[C@H](C(=O)NO)[C@@H](C)O)cc2)cc1. The van der Waals surface area contributed by atoms with Gasteiger partial charge in [0.1, 0.15) is 11.8 Å². The number of ether oxygens (including phenoxy) is 1. The molecule has 0 saturated heterocycles. The molecule has 0 aromatic heterocycles. The lowest BCUT2D eigenvalue weighted by Gasteiger charge is -2.19. The molecule has 0 spiro atoms. The lowest BCUT2D eigenvalue weighted by Crippen LogP contribution is -2.51. The van der Waals surface area contributed by atoms with Crippen LogP contribution in [0.5, 0.6) is 5.75 Å². The summed E-state index contributed by atoms with van der Waals surface area (Å²) in [5.74, 6) is -1.15. The number of methoxy groups -OCH3 is 1. The van der Waals surface area contributed by atoms with Crippen LogP contribution in [0.4, 0.5) is 0 Å². The van der Waals surface area contributed by atoms with Crippen molar-refractivity contribution in [2.24, 2.45) is 0 Å². The molecule has 2 aromatic rings. The monoisotopic (exact) mass is 372 g/mol. The van der Waals surface area contributed by atoms with E-state index in [1.165, 1.54) is 43.8 Å². The first kappa shape index (κ1) is 20.1. The predicted molar refractivity (Wildman–Crippen MR) is 95.7 cm³/mol. The number of hydrogen-bond acceptors (Lipinski definition) is 6. The largest absolute Gasteiger partial charge is 0.497 e. The third-order valence-corrected chi connectivity index (χ3v) is 3.92. The fraction of sp³-hybridized carbons (Fsp3) is 0.211. The van der Waals surface area contributed by atoms with Gasteiger partial charge in [0, 0.05) is 16.7 Å². The number of aliphatic hydroxyl groups excluding tert-OH is 1. The molecule has 142 valence electrons. The van der Waals surface area contributed by atoms with Crippen molar-refractivity contribution in [2.45, 2.75) is 19.1 Å². The Hall–Kier alpha value is -3.23. The van der Waals surface area contributed by atoms with E-state index in [0.29, 0.717) is 16.9 Å². The van der Waals surface area contributed by atoms with Crippen molar-refractivity contribution in [3.63, 3.8) is 0 Å². The molecular weight excluding hydrogens is 352 g/mol. The zero-order valence-electron chi connectivity index (χ0n) is 14.8. The van der Waals surface area contributed by atoms with E-state index in [4.69, 9.17) is 9.94 Å². The third-order valence-electron chi connectivity index (χ3n) is 3.92. The van der Waals surface area contributed by atoms with Gasteiger partial charge < -0.3 is 15.2 Å². The minimum atomic E-state index is -1.32. The summed E-state index contributed by atoms with van der Waals surface area (Å²) in [6.07, 6.45) is -1.21. The molecule has 0 unspecified atom stereocenters. The molecule has 0 saturated carbocycles. The van der Waals surface area contributed by atoms with Crippen molar-refractivity contribution in [1.82, 2.24) is 10.8 Å². The number of hydroxylamine groups is 1. The van der Waals surface area contributed by atoms with Gasteiger partial charge in [0.25, 0.3) is 11.8 Å². The van der Waals surface area contributed by atoms with E-state index in [9.17, 15) is 19.5 Å². The third kappa shape index (κ3) is 4.90. The van der Waals surface area contributed by atoms with Crippen LogP contribution in [0, 0.1) is 0 Å². The molecule has 2 amide bonds. The van der Waals surface area contributed by atoms with E-state index in [1.54, 1.807) is 24.3 Å². The number of aliphatic hydroxyl groups is 1. The lowest BCUT2D eigenvalue weighted by molar-refractivity contribution is -0.133. The molecule has 0 aliphatic carbocycles. The molecule has 0 fully saturated rings. The Morgan fingerprint density at radius 3 is 1.85 bits per heavy atom. The summed E-state index contributed by atoms with van der Waals surface area (Å²) >= 11 is 0. The van der Waals surface area contributed by atoms with Gasteiger partial charge in [0.2, 0.25) is 0 Å². The van der Waals surface area contributed by atoms with Gasteiger partial charge >= 0.3 is 0 Å². The molecule has 2 rings (SSSR count). The first-order valence-corrected chi connectivity index (χ1v) is 8.09. The molecule has 4 N–H and O–H groups in total. The van der Waals surface area contributed by atoms with Crippen LogP contribution in [0.2, 0.25) is 0 Å². The van der Waals surface area contributed by atoms with Crippen LogP contribution in [0.25, 0.3) is 0 Å². The number of carbonyl (C=O) groups excluding carboxylic acids is 3. The average Bonchev–Trinajstić information content (AvgIpc) is 2.70. The molecular formula is C19H20N2O6. The highest BCUT2D eigenvalue weighted by molar-refractivity contribution is 6.09. The first-order chi connectivity index (χ1) is 12.9. The number of hydrogen-bond donors (Lipinski definition) is 4. The maximum absolute atomic E-state index is 12.5.